The van der Waals surface area contributed by atoms with Crippen LogP contribution < -0.4 is 10.6 Å². The predicted octanol–water partition coefficient (Wildman–Crippen LogP) is 2.46. The Morgan fingerprint density at radius 2 is 2.14 bits per heavy atom. The number of aromatic amines is 1. The average Bonchev–Trinajstić information content (AvgIpc) is 2.88. The lowest BCUT2D eigenvalue weighted by molar-refractivity contribution is 0.315. The second-order valence-electron chi connectivity index (χ2n) is 6.45. The monoisotopic (exact) mass is 285 g/mol. The normalized spacial score (nSPS) is 23.1. The average molecular weight is 285 g/mol. The van der Waals surface area contributed by atoms with Gasteiger partial charge in [-0.2, -0.15) is 0 Å². The van der Waals surface area contributed by atoms with Gasteiger partial charge in [-0.25, -0.2) is 9.97 Å². The van der Waals surface area contributed by atoms with Gasteiger partial charge in [0.05, 0.1) is 5.39 Å². The molecule has 5 heteroatoms. The molecule has 2 aromatic heterocycles. The number of piperidine rings is 1. The molecule has 3 heterocycles. The van der Waals surface area contributed by atoms with Crippen molar-refractivity contribution in [2.75, 3.05) is 18.4 Å². The van der Waals surface area contributed by atoms with Crippen molar-refractivity contribution in [1.29, 1.82) is 0 Å². The van der Waals surface area contributed by atoms with E-state index in [0.29, 0.717) is 6.04 Å². The highest BCUT2D eigenvalue weighted by atomic mass is 15.1. The standard InChI is InChI=1S/C16H23N5/c1-3-11(4-1)7-12-8-18-15-14(12)16(20-10-19-15)21-13-5-2-6-17-9-13/h8,10-11,13,17H,1-7,9H2,(H2,18,19,20,21)/t13-/m1/s1. The molecule has 0 spiro atoms. The Kier molecular flexibility index (Phi) is 3.51. The van der Waals surface area contributed by atoms with Gasteiger partial charge in [-0.05, 0) is 37.3 Å². The zero-order chi connectivity index (χ0) is 14.1. The van der Waals surface area contributed by atoms with Gasteiger partial charge in [-0.3, -0.25) is 0 Å². The summed E-state index contributed by atoms with van der Waals surface area (Å²) in [5.41, 5.74) is 2.34. The van der Waals surface area contributed by atoms with Crippen LogP contribution in [0.4, 0.5) is 5.82 Å². The summed E-state index contributed by atoms with van der Waals surface area (Å²) in [5.74, 6) is 1.86. The first-order chi connectivity index (χ1) is 10.4. The van der Waals surface area contributed by atoms with Crippen molar-refractivity contribution in [2.45, 2.75) is 44.6 Å². The topological polar surface area (TPSA) is 65.6 Å². The van der Waals surface area contributed by atoms with Gasteiger partial charge in [-0.15, -0.1) is 0 Å². The number of H-pyrrole nitrogens is 1. The highest BCUT2D eigenvalue weighted by Crippen LogP contribution is 2.33. The maximum atomic E-state index is 4.51. The fraction of sp³-hybridized carbons (Fsp3) is 0.625. The van der Waals surface area contributed by atoms with E-state index in [1.807, 2.05) is 0 Å². The van der Waals surface area contributed by atoms with Crippen molar-refractivity contribution in [3.05, 3.63) is 18.1 Å². The number of nitrogens with zero attached hydrogens (tertiary/aromatic N) is 2. The van der Waals surface area contributed by atoms with E-state index in [9.17, 15) is 0 Å². The molecule has 0 aromatic carbocycles. The molecular weight excluding hydrogens is 262 g/mol. The van der Waals surface area contributed by atoms with Crippen molar-refractivity contribution in [3.63, 3.8) is 0 Å². The van der Waals surface area contributed by atoms with Crippen LogP contribution in [-0.2, 0) is 6.42 Å². The first-order valence-corrected chi connectivity index (χ1v) is 8.18. The van der Waals surface area contributed by atoms with Crippen LogP contribution >= 0.6 is 0 Å². The van der Waals surface area contributed by atoms with Gasteiger partial charge in [-0.1, -0.05) is 19.3 Å². The van der Waals surface area contributed by atoms with Gasteiger partial charge in [0, 0.05) is 18.8 Å². The highest BCUT2D eigenvalue weighted by Gasteiger charge is 2.22. The van der Waals surface area contributed by atoms with Crippen LogP contribution in [0.5, 0.6) is 0 Å². The third-order valence-electron chi connectivity index (χ3n) is 4.92. The van der Waals surface area contributed by atoms with Gasteiger partial charge in [0.25, 0.3) is 0 Å². The second-order valence-corrected chi connectivity index (χ2v) is 6.45. The van der Waals surface area contributed by atoms with Crippen LogP contribution in [0, 0.1) is 5.92 Å². The molecule has 2 fully saturated rings. The van der Waals surface area contributed by atoms with E-state index in [1.54, 1.807) is 6.33 Å². The lowest BCUT2D eigenvalue weighted by Gasteiger charge is -2.26. The van der Waals surface area contributed by atoms with Crippen molar-refractivity contribution in [3.8, 4) is 0 Å². The van der Waals surface area contributed by atoms with Gasteiger partial charge in [0.15, 0.2) is 0 Å². The van der Waals surface area contributed by atoms with E-state index in [0.717, 1.165) is 36.9 Å². The van der Waals surface area contributed by atoms with Gasteiger partial charge in [0.2, 0.25) is 0 Å². The summed E-state index contributed by atoms with van der Waals surface area (Å²) >= 11 is 0. The fourth-order valence-electron chi connectivity index (χ4n) is 3.47. The van der Waals surface area contributed by atoms with Crippen LogP contribution in [0.2, 0.25) is 0 Å². The Labute approximate surface area is 124 Å². The van der Waals surface area contributed by atoms with Crippen LogP contribution in [0.15, 0.2) is 12.5 Å². The maximum absolute atomic E-state index is 4.51. The predicted molar refractivity (Wildman–Crippen MR) is 84.4 cm³/mol. The van der Waals surface area contributed by atoms with Gasteiger partial charge < -0.3 is 15.6 Å². The largest absolute Gasteiger partial charge is 0.365 e. The van der Waals surface area contributed by atoms with E-state index in [1.165, 1.54) is 43.1 Å². The minimum absolute atomic E-state index is 0.475. The molecule has 5 nitrogen and oxygen atoms in total. The molecule has 1 atom stereocenters. The molecule has 1 aliphatic heterocycles. The summed E-state index contributed by atoms with van der Waals surface area (Å²) < 4.78 is 0. The Balaban J connectivity index is 1.61. The number of hydrogen-bond donors (Lipinski definition) is 3. The summed E-state index contributed by atoms with van der Waals surface area (Å²) in [4.78, 5) is 12.2. The molecule has 1 saturated heterocycles. The van der Waals surface area contributed by atoms with Crippen molar-refractivity contribution in [1.82, 2.24) is 20.3 Å². The van der Waals surface area contributed by atoms with Crippen molar-refractivity contribution < 1.29 is 0 Å². The number of aromatic nitrogens is 3. The molecule has 4 rings (SSSR count). The first kappa shape index (κ1) is 13.1. The number of fused-ring (bicyclic) bond motifs is 1. The molecular formula is C16H23N5. The van der Waals surface area contributed by atoms with Crippen molar-refractivity contribution >= 4 is 16.9 Å². The summed E-state index contributed by atoms with van der Waals surface area (Å²) in [6.45, 7) is 2.16. The molecule has 1 aliphatic carbocycles. The lowest BCUT2D eigenvalue weighted by Crippen LogP contribution is -2.38. The van der Waals surface area contributed by atoms with Crippen LogP contribution in [0.1, 0.15) is 37.7 Å². The van der Waals surface area contributed by atoms with E-state index >= 15 is 0 Å². The third kappa shape index (κ3) is 2.62. The number of rotatable bonds is 4. The summed E-state index contributed by atoms with van der Waals surface area (Å²) in [7, 11) is 0. The summed E-state index contributed by atoms with van der Waals surface area (Å²) in [6.07, 6.45) is 11.5. The zero-order valence-electron chi connectivity index (χ0n) is 12.4. The quantitative estimate of drug-likeness (QED) is 0.807. The summed E-state index contributed by atoms with van der Waals surface area (Å²) in [6, 6.07) is 0.475. The molecule has 2 aromatic rings. The molecule has 0 amide bonds. The first-order valence-electron chi connectivity index (χ1n) is 8.18. The Morgan fingerprint density at radius 1 is 1.19 bits per heavy atom. The fourth-order valence-corrected chi connectivity index (χ4v) is 3.47. The van der Waals surface area contributed by atoms with E-state index in [2.05, 4.69) is 31.8 Å². The summed E-state index contributed by atoms with van der Waals surface area (Å²) in [5, 5.41) is 8.28. The molecule has 1 saturated carbocycles. The maximum Gasteiger partial charge on any atom is 0.143 e. The molecule has 3 N–H and O–H groups in total. The Morgan fingerprint density at radius 3 is 2.90 bits per heavy atom. The third-order valence-corrected chi connectivity index (χ3v) is 4.92. The second kappa shape index (κ2) is 5.64. The van der Waals surface area contributed by atoms with Crippen molar-refractivity contribution in [2.24, 2.45) is 5.92 Å². The van der Waals surface area contributed by atoms with Gasteiger partial charge in [0.1, 0.15) is 17.8 Å². The number of anilines is 1. The molecule has 112 valence electrons. The smallest absolute Gasteiger partial charge is 0.143 e. The SMILES string of the molecule is c1nc(N[C@@H]2CCCNC2)c2c(CC3CCC3)c[nH]c2n1. The molecule has 0 bridgehead atoms. The van der Waals surface area contributed by atoms with E-state index < -0.39 is 0 Å². The van der Waals surface area contributed by atoms with Gasteiger partial charge >= 0.3 is 0 Å². The molecule has 0 radical (unpaired) electrons. The number of nitrogens with one attached hydrogen (secondary N) is 3. The van der Waals surface area contributed by atoms with E-state index in [4.69, 9.17) is 0 Å². The van der Waals surface area contributed by atoms with Crippen LogP contribution in [0.25, 0.3) is 11.0 Å². The highest BCUT2D eigenvalue weighted by molar-refractivity contribution is 5.90. The minimum Gasteiger partial charge on any atom is -0.365 e. The van der Waals surface area contributed by atoms with Crippen LogP contribution in [-0.4, -0.2) is 34.1 Å². The minimum atomic E-state index is 0.475. The van der Waals surface area contributed by atoms with E-state index in [-0.39, 0.29) is 0 Å². The molecule has 21 heavy (non-hydrogen) atoms. The molecule has 2 aliphatic rings. The zero-order valence-corrected chi connectivity index (χ0v) is 12.4. The number of hydrogen-bond acceptors (Lipinski definition) is 4. The van der Waals surface area contributed by atoms with Crippen LogP contribution in [0.3, 0.4) is 0 Å². The molecule has 0 unspecified atom stereocenters. The Hall–Kier alpha value is -1.62. The lowest BCUT2D eigenvalue weighted by atomic mass is 9.81. The Bertz CT molecular complexity index is 610.